The molecule has 50 heavy (non-hydrogen) atoms. The fraction of sp³-hybridized carbons (Fsp3) is 0. The maximum absolute atomic E-state index is 6.34. The van der Waals surface area contributed by atoms with Crippen LogP contribution < -0.4 is 0 Å². The molecule has 0 fully saturated rings. The summed E-state index contributed by atoms with van der Waals surface area (Å²) in [4.78, 5) is 15.6. The Morgan fingerprint density at radius 2 is 1.00 bits per heavy atom. The molecule has 0 bridgehead atoms. The third-order valence-corrected chi connectivity index (χ3v) is 10.00. The van der Waals surface area contributed by atoms with Gasteiger partial charge in [-0.3, -0.25) is 4.57 Å². The molecular weight excluding hydrogens is 613 g/mol. The predicted molar refractivity (Wildman–Crippen MR) is 205 cm³/mol. The molecule has 0 aliphatic carbocycles. The van der Waals surface area contributed by atoms with E-state index < -0.39 is 0 Å². The van der Waals surface area contributed by atoms with Gasteiger partial charge in [-0.25, -0.2) is 4.98 Å². The highest BCUT2D eigenvalue weighted by Crippen LogP contribution is 2.40. The van der Waals surface area contributed by atoms with Crippen molar-refractivity contribution in [1.82, 2.24) is 19.5 Å². The van der Waals surface area contributed by atoms with Crippen LogP contribution in [0.25, 0.3) is 105 Å². The maximum Gasteiger partial charge on any atom is 0.238 e. The molecular formula is C45H26N4O. The van der Waals surface area contributed by atoms with Gasteiger partial charge >= 0.3 is 0 Å². The van der Waals surface area contributed by atoms with Crippen molar-refractivity contribution < 1.29 is 4.42 Å². The van der Waals surface area contributed by atoms with Gasteiger partial charge in [0.1, 0.15) is 11.2 Å². The van der Waals surface area contributed by atoms with Crippen LogP contribution in [-0.4, -0.2) is 19.5 Å². The number of benzene rings is 8. The molecule has 0 aliphatic rings. The van der Waals surface area contributed by atoms with Gasteiger partial charge in [0.05, 0.1) is 11.0 Å². The average Bonchev–Trinajstić information content (AvgIpc) is 3.72. The number of hydrogen-bond donors (Lipinski definition) is 0. The van der Waals surface area contributed by atoms with Crippen LogP contribution >= 0.6 is 0 Å². The number of aromatic nitrogens is 4. The average molecular weight is 639 g/mol. The van der Waals surface area contributed by atoms with Crippen molar-refractivity contribution in [3.63, 3.8) is 0 Å². The van der Waals surface area contributed by atoms with Crippen molar-refractivity contribution in [3.05, 3.63) is 158 Å². The Kier molecular flexibility index (Phi) is 5.60. The van der Waals surface area contributed by atoms with Crippen LogP contribution in [0.4, 0.5) is 0 Å². The summed E-state index contributed by atoms with van der Waals surface area (Å²) < 4.78 is 8.55. The van der Waals surface area contributed by atoms with Crippen molar-refractivity contribution in [3.8, 4) is 28.7 Å². The molecule has 0 saturated heterocycles. The molecule has 0 saturated carbocycles. The standard InChI is InChI=1S/C45H26N4O/c1-2-12-29(13-3-1)43-46-44(32-20-22-39-36(25-32)42-34-17-9-7-11-28(34)19-23-40(42)50-39)48-45(47-43)49-37-21-18-27-10-6-8-16-33(27)41(37)35-24-30-14-4-5-15-31(30)26-38(35)49/h1-26H. The third kappa shape index (κ3) is 3.98. The Hall–Kier alpha value is -6.85. The second-order valence-electron chi connectivity index (χ2n) is 12.9. The minimum Gasteiger partial charge on any atom is -0.456 e. The summed E-state index contributed by atoms with van der Waals surface area (Å²) >= 11 is 0. The van der Waals surface area contributed by atoms with E-state index in [1.807, 2.05) is 30.3 Å². The summed E-state index contributed by atoms with van der Waals surface area (Å²) in [5.74, 6) is 1.79. The third-order valence-electron chi connectivity index (χ3n) is 10.00. The predicted octanol–water partition coefficient (Wildman–Crippen LogP) is 11.7. The van der Waals surface area contributed by atoms with Gasteiger partial charge < -0.3 is 4.42 Å². The highest BCUT2D eigenvalue weighted by atomic mass is 16.3. The zero-order valence-corrected chi connectivity index (χ0v) is 26.7. The van der Waals surface area contributed by atoms with Crippen LogP contribution in [0.1, 0.15) is 0 Å². The van der Waals surface area contributed by atoms with E-state index in [1.54, 1.807) is 0 Å². The Balaban J connectivity index is 1.23. The lowest BCUT2D eigenvalue weighted by molar-refractivity contribution is 0.669. The van der Waals surface area contributed by atoms with Gasteiger partial charge in [0.2, 0.25) is 5.95 Å². The van der Waals surface area contributed by atoms with Gasteiger partial charge in [-0.15, -0.1) is 0 Å². The van der Waals surface area contributed by atoms with Crippen molar-refractivity contribution in [2.45, 2.75) is 0 Å². The summed E-state index contributed by atoms with van der Waals surface area (Å²) in [6.45, 7) is 0. The first-order valence-electron chi connectivity index (χ1n) is 16.8. The van der Waals surface area contributed by atoms with E-state index in [0.29, 0.717) is 17.6 Å². The van der Waals surface area contributed by atoms with Crippen LogP contribution in [0.2, 0.25) is 0 Å². The summed E-state index contributed by atoms with van der Waals surface area (Å²) in [6, 6.07) is 55.1. The Morgan fingerprint density at radius 3 is 1.78 bits per heavy atom. The van der Waals surface area contributed by atoms with Gasteiger partial charge in [-0.1, -0.05) is 115 Å². The van der Waals surface area contributed by atoms with E-state index in [1.165, 1.54) is 26.9 Å². The summed E-state index contributed by atoms with van der Waals surface area (Å²) in [5.41, 5.74) is 5.61. The molecule has 0 spiro atoms. The molecule has 0 radical (unpaired) electrons. The maximum atomic E-state index is 6.34. The molecule has 5 nitrogen and oxygen atoms in total. The van der Waals surface area contributed by atoms with Crippen molar-refractivity contribution in [2.24, 2.45) is 0 Å². The molecule has 5 heteroatoms. The molecule has 8 aromatic carbocycles. The second-order valence-corrected chi connectivity index (χ2v) is 12.9. The first-order chi connectivity index (χ1) is 24.8. The van der Waals surface area contributed by atoms with Gasteiger partial charge in [0.15, 0.2) is 11.6 Å². The van der Waals surface area contributed by atoms with Gasteiger partial charge in [0.25, 0.3) is 0 Å². The van der Waals surface area contributed by atoms with Crippen LogP contribution in [0, 0.1) is 0 Å². The molecule has 0 unspecified atom stereocenters. The Morgan fingerprint density at radius 1 is 0.380 bits per heavy atom. The molecule has 11 rings (SSSR count). The normalized spacial score (nSPS) is 12.0. The van der Waals surface area contributed by atoms with E-state index in [4.69, 9.17) is 19.4 Å². The highest BCUT2D eigenvalue weighted by molar-refractivity contribution is 6.23. The number of rotatable bonds is 3. The van der Waals surface area contributed by atoms with E-state index in [0.717, 1.165) is 60.3 Å². The molecule has 232 valence electrons. The minimum atomic E-state index is 0.571. The molecule has 11 aromatic rings. The van der Waals surface area contributed by atoms with Crippen LogP contribution in [0.15, 0.2) is 162 Å². The molecule has 0 atom stereocenters. The Bertz CT molecular complexity index is 3160. The van der Waals surface area contributed by atoms with Crippen LogP contribution in [-0.2, 0) is 0 Å². The van der Waals surface area contributed by atoms with Gasteiger partial charge in [0, 0.05) is 32.7 Å². The summed E-state index contributed by atoms with van der Waals surface area (Å²) in [6.07, 6.45) is 0. The molecule has 0 aliphatic heterocycles. The minimum absolute atomic E-state index is 0.571. The van der Waals surface area contributed by atoms with Crippen LogP contribution in [0.5, 0.6) is 0 Å². The number of nitrogens with zero attached hydrogens (tertiary/aromatic N) is 4. The SMILES string of the molecule is c1ccc(-c2nc(-c3ccc4oc5ccc6ccccc6c5c4c3)nc(-n3c4cc5ccccc5cc4c4c5ccccc5ccc43)n2)cc1. The lowest BCUT2D eigenvalue weighted by atomic mass is 10.0. The highest BCUT2D eigenvalue weighted by Gasteiger charge is 2.21. The lowest BCUT2D eigenvalue weighted by Crippen LogP contribution is -2.06. The number of hydrogen-bond acceptors (Lipinski definition) is 4. The van der Waals surface area contributed by atoms with E-state index >= 15 is 0 Å². The molecule has 0 amide bonds. The largest absolute Gasteiger partial charge is 0.456 e. The molecule has 0 N–H and O–H groups in total. The first-order valence-corrected chi connectivity index (χ1v) is 16.8. The van der Waals surface area contributed by atoms with E-state index in [9.17, 15) is 0 Å². The molecule has 3 aromatic heterocycles. The fourth-order valence-electron chi connectivity index (χ4n) is 7.68. The summed E-state index contributed by atoms with van der Waals surface area (Å²) in [5, 5.41) is 11.6. The van der Waals surface area contributed by atoms with Crippen LogP contribution in [0.3, 0.4) is 0 Å². The fourth-order valence-corrected chi connectivity index (χ4v) is 7.68. The van der Waals surface area contributed by atoms with Crippen molar-refractivity contribution in [1.29, 1.82) is 0 Å². The van der Waals surface area contributed by atoms with Crippen molar-refractivity contribution in [2.75, 3.05) is 0 Å². The smallest absolute Gasteiger partial charge is 0.238 e. The van der Waals surface area contributed by atoms with E-state index in [-0.39, 0.29) is 0 Å². The number of fused-ring (bicyclic) bond motifs is 11. The van der Waals surface area contributed by atoms with Gasteiger partial charge in [-0.05, 0) is 74.8 Å². The first kappa shape index (κ1) is 27.1. The number of furan rings is 1. The summed E-state index contributed by atoms with van der Waals surface area (Å²) in [7, 11) is 0. The van der Waals surface area contributed by atoms with E-state index in [2.05, 4.69) is 132 Å². The topological polar surface area (TPSA) is 56.7 Å². The monoisotopic (exact) mass is 638 g/mol. The quantitative estimate of drug-likeness (QED) is 0.193. The zero-order valence-electron chi connectivity index (χ0n) is 26.7. The second kappa shape index (κ2) is 10.3. The van der Waals surface area contributed by atoms with Gasteiger partial charge in [-0.2, -0.15) is 9.97 Å². The molecule has 3 heterocycles. The lowest BCUT2D eigenvalue weighted by Gasteiger charge is -2.11. The Labute approximate surface area is 285 Å². The zero-order chi connectivity index (χ0) is 32.8. The van der Waals surface area contributed by atoms with Crippen molar-refractivity contribution >= 4 is 76.1 Å².